The lowest BCUT2D eigenvalue weighted by Crippen LogP contribution is -2.48. The number of Topliss-reactive ketones (excluding diaryl/α,β-unsaturated/α-hetero) is 1. The second-order valence-corrected chi connectivity index (χ2v) is 4.93. The molecule has 2 aliphatic rings. The number of nitrogens with one attached hydrogen (secondary N) is 1. The number of hydrogen-bond acceptors (Lipinski definition) is 3. The SMILES string of the molecule is O=C1C2=C(CC1F)N(c1ccc(F)c(F)c1)NC2C(F)(F)F. The lowest BCUT2D eigenvalue weighted by Gasteiger charge is -2.25. The highest BCUT2D eigenvalue weighted by molar-refractivity contribution is 6.05. The van der Waals surface area contributed by atoms with Gasteiger partial charge >= 0.3 is 6.18 Å². The van der Waals surface area contributed by atoms with E-state index in [1.54, 1.807) is 0 Å². The number of anilines is 1. The van der Waals surface area contributed by atoms with Gasteiger partial charge in [-0.25, -0.2) is 18.6 Å². The minimum absolute atomic E-state index is 0.153. The minimum atomic E-state index is -4.83. The third-order valence-corrected chi connectivity index (χ3v) is 3.54. The molecule has 1 aliphatic heterocycles. The molecule has 0 saturated heterocycles. The average molecular weight is 322 g/mol. The molecule has 3 rings (SSSR count). The number of halogens is 6. The number of hydrogen-bond donors (Lipinski definition) is 1. The molecule has 0 radical (unpaired) electrons. The summed E-state index contributed by atoms with van der Waals surface area (Å²) in [5, 5.41) is 0.785. The van der Waals surface area contributed by atoms with E-state index in [0.29, 0.717) is 6.07 Å². The predicted octanol–water partition coefficient (Wildman–Crippen LogP) is 2.79. The van der Waals surface area contributed by atoms with Gasteiger partial charge in [0.05, 0.1) is 5.69 Å². The topological polar surface area (TPSA) is 32.3 Å². The van der Waals surface area contributed by atoms with Gasteiger partial charge in [0.2, 0.25) is 0 Å². The summed E-state index contributed by atoms with van der Waals surface area (Å²) in [7, 11) is 0. The van der Waals surface area contributed by atoms with Crippen LogP contribution in [0, 0.1) is 11.6 Å². The van der Waals surface area contributed by atoms with Crippen LogP contribution in [0.2, 0.25) is 0 Å². The Kier molecular flexibility index (Phi) is 3.20. The van der Waals surface area contributed by atoms with Crippen molar-refractivity contribution in [3.8, 4) is 0 Å². The van der Waals surface area contributed by atoms with Crippen LogP contribution in [0.5, 0.6) is 0 Å². The fourth-order valence-electron chi connectivity index (χ4n) is 2.57. The van der Waals surface area contributed by atoms with Crippen molar-refractivity contribution >= 4 is 11.5 Å². The largest absolute Gasteiger partial charge is 0.409 e. The molecule has 3 nitrogen and oxygen atoms in total. The summed E-state index contributed by atoms with van der Waals surface area (Å²) in [5.74, 6) is -3.68. The first-order valence-corrected chi connectivity index (χ1v) is 6.19. The Bertz CT molecular complexity index is 684. The van der Waals surface area contributed by atoms with Crippen LogP contribution < -0.4 is 10.4 Å². The number of rotatable bonds is 1. The van der Waals surface area contributed by atoms with E-state index in [2.05, 4.69) is 0 Å². The highest BCUT2D eigenvalue weighted by Crippen LogP contribution is 2.42. The van der Waals surface area contributed by atoms with E-state index in [1.165, 1.54) is 0 Å². The van der Waals surface area contributed by atoms with E-state index in [9.17, 15) is 31.1 Å². The van der Waals surface area contributed by atoms with Gasteiger partial charge in [-0.05, 0) is 12.1 Å². The molecule has 1 N–H and O–H groups in total. The zero-order chi connectivity index (χ0) is 16.2. The maximum atomic E-state index is 13.5. The molecule has 118 valence electrons. The van der Waals surface area contributed by atoms with Crippen molar-refractivity contribution in [3.63, 3.8) is 0 Å². The molecular formula is C13H8F6N2O. The smallest absolute Gasteiger partial charge is 0.291 e. The fourth-order valence-corrected chi connectivity index (χ4v) is 2.57. The Labute approximate surface area is 120 Å². The number of hydrazine groups is 1. The van der Waals surface area contributed by atoms with E-state index in [4.69, 9.17) is 0 Å². The summed E-state index contributed by atoms with van der Waals surface area (Å²) >= 11 is 0. The predicted molar refractivity (Wildman–Crippen MR) is 63.4 cm³/mol. The average Bonchev–Trinajstić information content (AvgIpc) is 2.92. The summed E-state index contributed by atoms with van der Waals surface area (Å²) in [6.07, 6.45) is -7.44. The maximum absolute atomic E-state index is 13.5. The van der Waals surface area contributed by atoms with Gasteiger partial charge in [-0.1, -0.05) is 0 Å². The minimum Gasteiger partial charge on any atom is -0.291 e. The number of carbonyl (C=O) groups excluding carboxylic acids is 1. The first kappa shape index (κ1) is 14.9. The van der Waals surface area contributed by atoms with Crippen molar-refractivity contribution in [3.05, 3.63) is 41.1 Å². The van der Waals surface area contributed by atoms with Crippen LogP contribution in [0.15, 0.2) is 29.5 Å². The molecule has 0 saturated carbocycles. The van der Waals surface area contributed by atoms with Crippen LogP contribution in [0.4, 0.5) is 32.0 Å². The Morgan fingerprint density at radius 1 is 1.18 bits per heavy atom. The summed E-state index contributed by atoms with van der Waals surface area (Å²) in [6, 6.07) is 0.0629. The van der Waals surface area contributed by atoms with Crippen molar-refractivity contribution in [2.24, 2.45) is 0 Å². The lowest BCUT2D eigenvalue weighted by molar-refractivity contribution is -0.149. The van der Waals surface area contributed by atoms with E-state index in [1.807, 2.05) is 5.43 Å². The van der Waals surface area contributed by atoms with Gasteiger partial charge in [0.1, 0.15) is 0 Å². The number of benzene rings is 1. The Hall–Kier alpha value is -2.03. The highest BCUT2D eigenvalue weighted by Gasteiger charge is 2.55. The molecule has 0 aromatic heterocycles. The third-order valence-electron chi connectivity index (χ3n) is 3.54. The van der Waals surface area contributed by atoms with E-state index in [-0.39, 0.29) is 11.4 Å². The van der Waals surface area contributed by atoms with E-state index in [0.717, 1.165) is 17.1 Å². The maximum Gasteiger partial charge on any atom is 0.409 e. The van der Waals surface area contributed by atoms with Crippen molar-refractivity contribution in [1.82, 2.24) is 5.43 Å². The molecule has 9 heteroatoms. The van der Waals surface area contributed by atoms with Crippen LogP contribution in [-0.2, 0) is 4.79 Å². The number of nitrogens with zero attached hydrogens (tertiary/aromatic N) is 1. The molecule has 22 heavy (non-hydrogen) atoms. The lowest BCUT2D eigenvalue weighted by atomic mass is 10.1. The van der Waals surface area contributed by atoms with Gasteiger partial charge in [-0.15, -0.1) is 0 Å². The second kappa shape index (κ2) is 4.73. The van der Waals surface area contributed by atoms with Gasteiger partial charge in [-0.2, -0.15) is 13.2 Å². The van der Waals surface area contributed by atoms with Crippen molar-refractivity contribution in [2.75, 3.05) is 5.01 Å². The van der Waals surface area contributed by atoms with Gasteiger partial charge in [0.25, 0.3) is 0 Å². The van der Waals surface area contributed by atoms with E-state index >= 15 is 0 Å². The highest BCUT2D eigenvalue weighted by atomic mass is 19.4. The van der Waals surface area contributed by atoms with Gasteiger partial charge in [0.15, 0.2) is 29.6 Å². The Morgan fingerprint density at radius 3 is 2.45 bits per heavy atom. The molecule has 2 atom stereocenters. The molecule has 1 heterocycles. The number of ketones is 1. The van der Waals surface area contributed by atoms with Gasteiger partial charge in [-0.3, -0.25) is 9.80 Å². The number of allylic oxidation sites excluding steroid dienone is 1. The molecular weight excluding hydrogens is 314 g/mol. The van der Waals surface area contributed by atoms with Crippen LogP contribution in [0.25, 0.3) is 0 Å². The zero-order valence-corrected chi connectivity index (χ0v) is 10.7. The molecule has 0 amide bonds. The summed E-state index contributed by atoms with van der Waals surface area (Å²) in [6.45, 7) is 0. The summed E-state index contributed by atoms with van der Waals surface area (Å²) in [4.78, 5) is 11.6. The summed E-state index contributed by atoms with van der Waals surface area (Å²) < 4.78 is 78.7. The Morgan fingerprint density at radius 2 is 1.86 bits per heavy atom. The second-order valence-electron chi connectivity index (χ2n) is 4.93. The molecule has 0 bridgehead atoms. The van der Waals surface area contributed by atoms with Gasteiger partial charge < -0.3 is 0 Å². The molecule has 1 aliphatic carbocycles. The van der Waals surface area contributed by atoms with Gasteiger partial charge in [0, 0.05) is 23.8 Å². The third kappa shape index (κ3) is 2.16. The molecule has 1 aromatic carbocycles. The normalized spacial score (nSPS) is 25.2. The van der Waals surface area contributed by atoms with Crippen LogP contribution in [0.1, 0.15) is 6.42 Å². The zero-order valence-electron chi connectivity index (χ0n) is 10.7. The number of alkyl halides is 4. The van der Waals surface area contributed by atoms with Crippen molar-refractivity contribution < 1.29 is 31.1 Å². The Balaban J connectivity index is 2.05. The summed E-state index contributed by atoms with van der Waals surface area (Å²) in [5.41, 5.74) is 0.917. The first-order chi connectivity index (χ1) is 10.2. The van der Waals surface area contributed by atoms with Crippen molar-refractivity contribution in [2.45, 2.75) is 24.8 Å². The molecule has 2 unspecified atom stereocenters. The van der Waals surface area contributed by atoms with Crippen LogP contribution in [-0.4, -0.2) is 24.2 Å². The van der Waals surface area contributed by atoms with Crippen molar-refractivity contribution in [1.29, 1.82) is 0 Å². The van der Waals surface area contributed by atoms with Crippen LogP contribution >= 0.6 is 0 Å². The molecule has 1 aromatic rings. The first-order valence-electron chi connectivity index (χ1n) is 6.19. The monoisotopic (exact) mass is 322 g/mol. The quantitative estimate of drug-likeness (QED) is 0.807. The van der Waals surface area contributed by atoms with Crippen LogP contribution in [0.3, 0.4) is 0 Å². The molecule has 0 spiro atoms. The standard InChI is InChI=1S/C13H8F6N2O/c14-6-2-1-5(3-7(6)15)21-9-4-8(16)11(22)10(9)12(20-21)13(17,18)19/h1-3,8,12,20H,4H2. The van der Waals surface area contributed by atoms with E-state index < -0.39 is 47.8 Å². The molecule has 0 fully saturated rings. The number of carbonyl (C=O) groups is 1. The fraction of sp³-hybridized carbons (Fsp3) is 0.308.